The van der Waals surface area contributed by atoms with Gasteiger partial charge in [0.15, 0.2) is 0 Å². The Bertz CT molecular complexity index is 418. The van der Waals surface area contributed by atoms with Gasteiger partial charge in [0.2, 0.25) is 0 Å². The molecule has 2 rings (SSSR count). The molecule has 1 saturated carbocycles. The third kappa shape index (κ3) is 2.62. The Balaban J connectivity index is 2.14. The van der Waals surface area contributed by atoms with Crippen LogP contribution in [0.15, 0.2) is 12.4 Å². The van der Waals surface area contributed by atoms with E-state index in [4.69, 9.17) is 11.6 Å². The number of nitriles is 1. The SMILES string of the molecule is CCNC1(C#N)CCCC(n2cc(Cl)cn2)C1. The summed E-state index contributed by atoms with van der Waals surface area (Å²) in [6.07, 6.45) is 7.32. The average molecular weight is 253 g/mol. The summed E-state index contributed by atoms with van der Waals surface area (Å²) in [6, 6.07) is 2.71. The number of nitrogens with one attached hydrogen (secondary N) is 1. The highest BCUT2D eigenvalue weighted by Gasteiger charge is 2.36. The van der Waals surface area contributed by atoms with E-state index in [0.29, 0.717) is 5.02 Å². The summed E-state index contributed by atoms with van der Waals surface area (Å²) in [5.74, 6) is 0. The van der Waals surface area contributed by atoms with E-state index in [1.807, 2.05) is 17.8 Å². The van der Waals surface area contributed by atoms with Crippen LogP contribution in [0.3, 0.4) is 0 Å². The Morgan fingerprint density at radius 2 is 2.59 bits per heavy atom. The summed E-state index contributed by atoms with van der Waals surface area (Å²) < 4.78 is 1.89. The average Bonchev–Trinajstić information content (AvgIpc) is 2.77. The minimum atomic E-state index is -0.393. The second-order valence-corrected chi connectivity index (χ2v) is 5.05. The second kappa shape index (κ2) is 5.07. The zero-order valence-corrected chi connectivity index (χ0v) is 10.7. The van der Waals surface area contributed by atoms with E-state index in [1.54, 1.807) is 6.20 Å². The minimum absolute atomic E-state index is 0.273. The lowest BCUT2D eigenvalue weighted by Gasteiger charge is -2.36. The molecule has 17 heavy (non-hydrogen) atoms. The van der Waals surface area contributed by atoms with E-state index in [9.17, 15) is 5.26 Å². The summed E-state index contributed by atoms with van der Waals surface area (Å²) in [6.45, 7) is 2.85. The van der Waals surface area contributed by atoms with Gasteiger partial charge >= 0.3 is 0 Å². The highest BCUT2D eigenvalue weighted by Crippen LogP contribution is 2.35. The van der Waals surface area contributed by atoms with Gasteiger partial charge in [-0.3, -0.25) is 10.00 Å². The van der Waals surface area contributed by atoms with Gasteiger partial charge in [-0.2, -0.15) is 10.4 Å². The Labute approximate surface area is 107 Å². The number of halogens is 1. The molecule has 1 N–H and O–H groups in total. The lowest BCUT2D eigenvalue weighted by Crippen LogP contribution is -2.47. The van der Waals surface area contributed by atoms with Gasteiger partial charge in [0.1, 0.15) is 5.54 Å². The number of hydrogen-bond acceptors (Lipinski definition) is 3. The molecule has 4 nitrogen and oxygen atoms in total. The highest BCUT2D eigenvalue weighted by molar-refractivity contribution is 6.30. The first-order chi connectivity index (χ1) is 8.19. The molecule has 2 unspecified atom stereocenters. The predicted octanol–water partition coefficient (Wildman–Crippen LogP) is 2.52. The number of nitrogens with zero attached hydrogens (tertiary/aromatic N) is 3. The molecule has 0 amide bonds. The maximum absolute atomic E-state index is 9.37. The van der Waals surface area contributed by atoms with Crippen LogP contribution in [-0.2, 0) is 0 Å². The van der Waals surface area contributed by atoms with Crippen molar-refractivity contribution in [3.63, 3.8) is 0 Å². The summed E-state index contributed by atoms with van der Waals surface area (Å²) >= 11 is 5.88. The predicted molar refractivity (Wildman–Crippen MR) is 66.8 cm³/mol. The van der Waals surface area contributed by atoms with Crippen LogP contribution in [0, 0.1) is 11.3 Å². The van der Waals surface area contributed by atoms with Crippen molar-refractivity contribution in [3.05, 3.63) is 17.4 Å². The molecule has 0 spiro atoms. The second-order valence-electron chi connectivity index (χ2n) is 4.61. The maximum atomic E-state index is 9.37. The number of aromatic nitrogens is 2. The van der Waals surface area contributed by atoms with E-state index in [-0.39, 0.29) is 6.04 Å². The van der Waals surface area contributed by atoms with Crippen molar-refractivity contribution in [2.45, 2.75) is 44.2 Å². The fourth-order valence-electron chi connectivity index (χ4n) is 2.63. The van der Waals surface area contributed by atoms with Gasteiger partial charge in [-0.15, -0.1) is 0 Å². The Hall–Kier alpha value is -1.05. The van der Waals surface area contributed by atoms with Crippen molar-refractivity contribution in [2.75, 3.05) is 6.54 Å². The largest absolute Gasteiger partial charge is 0.300 e. The van der Waals surface area contributed by atoms with Gasteiger partial charge in [0, 0.05) is 12.6 Å². The van der Waals surface area contributed by atoms with Crippen molar-refractivity contribution in [3.8, 4) is 6.07 Å². The molecule has 1 aliphatic rings. The van der Waals surface area contributed by atoms with Gasteiger partial charge in [-0.1, -0.05) is 18.5 Å². The standard InChI is InChI=1S/C12H17ClN4/c1-2-15-12(9-14)5-3-4-11(6-12)17-8-10(13)7-16-17/h7-8,11,15H,2-6H2,1H3. The lowest BCUT2D eigenvalue weighted by atomic mass is 9.80. The molecule has 0 saturated heterocycles. The zero-order valence-electron chi connectivity index (χ0n) is 9.99. The third-order valence-electron chi connectivity index (χ3n) is 3.40. The van der Waals surface area contributed by atoms with E-state index >= 15 is 0 Å². The molecular weight excluding hydrogens is 236 g/mol. The smallest absolute Gasteiger partial charge is 0.108 e. The molecule has 0 aliphatic heterocycles. The van der Waals surface area contributed by atoms with Gasteiger partial charge in [-0.25, -0.2) is 0 Å². The van der Waals surface area contributed by atoms with Crippen molar-refractivity contribution in [1.82, 2.24) is 15.1 Å². The van der Waals surface area contributed by atoms with Crippen molar-refractivity contribution >= 4 is 11.6 Å². The molecule has 5 heteroatoms. The van der Waals surface area contributed by atoms with Crippen LogP contribution in [0.2, 0.25) is 5.02 Å². The van der Waals surface area contributed by atoms with Crippen molar-refractivity contribution in [2.24, 2.45) is 0 Å². The Morgan fingerprint density at radius 1 is 1.76 bits per heavy atom. The molecule has 1 fully saturated rings. The maximum Gasteiger partial charge on any atom is 0.108 e. The fourth-order valence-corrected chi connectivity index (χ4v) is 2.77. The zero-order chi connectivity index (χ0) is 12.3. The van der Waals surface area contributed by atoms with Crippen LogP contribution < -0.4 is 5.32 Å². The van der Waals surface area contributed by atoms with Crippen LogP contribution in [0.5, 0.6) is 0 Å². The lowest BCUT2D eigenvalue weighted by molar-refractivity contribution is 0.223. The number of rotatable bonds is 3. The van der Waals surface area contributed by atoms with Gasteiger partial charge in [-0.05, 0) is 25.8 Å². The van der Waals surface area contributed by atoms with Crippen molar-refractivity contribution < 1.29 is 0 Å². The summed E-state index contributed by atoms with van der Waals surface area (Å²) in [7, 11) is 0. The summed E-state index contributed by atoms with van der Waals surface area (Å²) in [5, 5.41) is 17.6. The molecule has 1 aliphatic carbocycles. The molecule has 1 heterocycles. The molecule has 2 atom stereocenters. The molecular formula is C12H17ClN4. The van der Waals surface area contributed by atoms with E-state index < -0.39 is 5.54 Å². The normalized spacial score (nSPS) is 28.9. The van der Waals surface area contributed by atoms with Crippen LogP contribution >= 0.6 is 11.6 Å². The molecule has 1 aromatic heterocycles. The van der Waals surface area contributed by atoms with E-state index in [0.717, 1.165) is 32.2 Å². The van der Waals surface area contributed by atoms with Gasteiger partial charge in [0.25, 0.3) is 0 Å². The molecule has 1 aromatic rings. The first-order valence-corrected chi connectivity index (χ1v) is 6.43. The molecule has 0 radical (unpaired) electrons. The summed E-state index contributed by atoms with van der Waals surface area (Å²) in [5.41, 5.74) is -0.393. The highest BCUT2D eigenvalue weighted by atomic mass is 35.5. The van der Waals surface area contributed by atoms with Crippen LogP contribution in [0.25, 0.3) is 0 Å². The first kappa shape index (κ1) is 12.4. The first-order valence-electron chi connectivity index (χ1n) is 6.05. The Kier molecular flexibility index (Phi) is 3.70. The topological polar surface area (TPSA) is 53.6 Å². The number of hydrogen-bond donors (Lipinski definition) is 1. The third-order valence-corrected chi connectivity index (χ3v) is 3.59. The molecule has 0 bridgehead atoms. The minimum Gasteiger partial charge on any atom is -0.300 e. The summed E-state index contributed by atoms with van der Waals surface area (Å²) in [4.78, 5) is 0. The van der Waals surface area contributed by atoms with Gasteiger partial charge < -0.3 is 0 Å². The van der Waals surface area contributed by atoms with Gasteiger partial charge in [0.05, 0.1) is 23.3 Å². The Morgan fingerprint density at radius 3 is 3.18 bits per heavy atom. The van der Waals surface area contributed by atoms with Crippen molar-refractivity contribution in [1.29, 1.82) is 5.26 Å². The monoisotopic (exact) mass is 252 g/mol. The molecule has 0 aromatic carbocycles. The van der Waals surface area contributed by atoms with Crippen LogP contribution in [0.4, 0.5) is 0 Å². The van der Waals surface area contributed by atoms with Crippen LogP contribution in [0.1, 0.15) is 38.6 Å². The van der Waals surface area contributed by atoms with E-state index in [1.165, 1.54) is 0 Å². The van der Waals surface area contributed by atoms with Crippen LogP contribution in [-0.4, -0.2) is 21.9 Å². The molecule has 92 valence electrons. The quantitative estimate of drug-likeness (QED) is 0.899. The van der Waals surface area contributed by atoms with E-state index in [2.05, 4.69) is 16.5 Å². The fraction of sp³-hybridized carbons (Fsp3) is 0.667.